The molecule has 7 N–H and O–H groups in total. The molecule has 128 valence electrons. The molecule has 0 saturated carbocycles. The Balaban J connectivity index is 1.97. The van der Waals surface area contributed by atoms with Crippen LogP contribution in [0, 0.1) is 0 Å². The molecule has 2 aromatic heterocycles. The third-order valence-electron chi connectivity index (χ3n) is 3.86. The second-order valence-corrected chi connectivity index (χ2v) is 6.44. The summed E-state index contributed by atoms with van der Waals surface area (Å²) < 4.78 is 0. The number of carbonyl (C=O) groups excluding carboxylic acids is 2. The van der Waals surface area contributed by atoms with Crippen molar-refractivity contribution >= 4 is 44.7 Å². The molecule has 0 spiro atoms. The number of thiophene rings is 1. The highest BCUT2D eigenvalue weighted by molar-refractivity contribution is 7.21. The van der Waals surface area contributed by atoms with Gasteiger partial charge in [-0.25, -0.2) is 4.98 Å². The van der Waals surface area contributed by atoms with E-state index < -0.39 is 11.8 Å². The number of nitrogens with one attached hydrogen (secondary N) is 1. The number of fused-ring (bicyclic) bond motifs is 1. The maximum absolute atomic E-state index is 12.7. The molecule has 0 aliphatic heterocycles. The lowest BCUT2D eigenvalue weighted by Gasteiger charge is -2.16. The van der Waals surface area contributed by atoms with Crippen molar-refractivity contribution in [3.63, 3.8) is 0 Å². The number of anilines is 2. The molecule has 0 saturated heterocycles. The topological polar surface area (TPSA) is 137 Å². The van der Waals surface area contributed by atoms with Crippen LogP contribution in [0.1, 0.15) is 21.2 Å². The van der Waals surface area contributed by atoms with E-state index in [9.17, 15) is 9.59 Å². The summed E-state index contributed by atoms with van der Waals surface area (Å²) in [4.78, 5) is 29.1. The Labute approximate surface area is 147 Å². The third-order valence-corrected chi connectivity index (χ3v) is 4.99. The fraction of sp³-hybridized carbons (Fsp3) is 0.118. The minimum absolute atomic E-state index is 0.162. The zero-order valence-corrected chi connectivity index (χ0v) is 14.0. The molecule has 0 aliphatic rings. The number of nitrogens with two attached hydrogens (primary N) is 3. The smallest absolute Gasteiger partial charge is 0.260 e. The summed E-state index contributed by atoms with van der Waals surface area (Å²) in [6.07, 6.45) is 1.54. The van der Waals surface area contributed by atoms with E-state index >= 15 is 0 Å². The number of aromatic nitrogens is 1. The van der Waals surface area contributed by atoms with Crippen molar-refractivity contribution in [2.45, 2.75) is 5.92 Å². The largest absolute Gasteiger partial charge is 0.397 e. The van der Waals surface area contributed by atoms with Crippen LogP contribution < -0.4 is 22.5 Å². The molecule has 1 unspecified atom stereocenters. The quantitative estimate of drug-likeness (QED) is 0.551. The molecule has 2 amide bonds. The second kappa shape index (κ2) is 6.88. The first-order valence-electron chi connectivity index (χ1n) is 7.55. The molecule has 0 fully saturated rings. The van der Waals surface area contributed by atoms with Crippen molar-refractivity contribution in [1.82, 2.24) is 4.98 Å². The van der Waals surface area contributed by atoms with E-state index in [-0.39, 0.29) is 23.0 Å². The van der Waals surface area contributed by atoms with Crippen molar-refractivity contribution in [3.05, 3.63) is 53.0 Å². The van der Waals surface area contributed by atoms with Gasteiger partial charge in [-0.1, -0.05) is 30.3 Å². The third kappa shape index (κ3) is 3.17. The highest BCUT2D eigenvalue weighted by Gasteiger charge is 2.22. The number of nitrogens with zero attached hydrogens (tertiary/aromatic N) is 1. The van der Waals surface area contributed by atoms with Crippen LogP contribution in [0.4, 0.5) is 11.4 Å². The number of carbonyl (C=O) groups is 2. The SMILES string of the molecule is NCC(C(=O)Nc1ccnc2sc(C(N)=O)c(N)c12)c1ccccc1. The number of nitrogen functional groups attached to an aromatic ring is 1. The van der Waals surface area contributed by atoms with Crippen LogP contribution in [-0.2, 0) is 4.79 Å². The van der Waals surface area contributed by atoms with Gasteiger partial charge in [-0.15, -0.1) is 11.3 Å². The minimum atomic E-state index is -0.623. The van der Waals surface area contributed by atoms with Crippen LogP contribution in [0.25, 0.3) is 10.2 Å². The predicted octanol–water partition coefficient (Wildman–Crippen LogP) is 1.66. The first-order chi connectivity index (χ1) is 12.0. The van der Waals surface area contributed by atoms with E-state index in [2.05, 4.69) is 10.3 Å². The number of primary amides is 1. The average Bonchev–Trinajstić information content (AvgIpc) is 2.95. The van der Waals surface area contributed by atoms with Gasteiger partial charge in [0.1, 0.15) is 9.71 Å². The van der Waals surface area contributed by atoms with E-state index in [1.165, 1.54) is 0 Å². The van der Waals surface area contributed by atoms with Crippen LogP contribution in [0.3, 0.4) is 0 Å². The molecule has 3 aromatic rings. The second-order valence-electron chi connectivity index (χ2n) is 5.44. The van der Waals surface area contributed by atoms with Gasteiger partial charge < -0.3 is 22.5 Å². The van der Waals surface area contributed by atoms with Crippen molar-refractivity contribution in [2.75, 3.05) is 17.6 Å². The summed E-state index contributed by atoms with van der Waals surface area (Å²) in [6.45, 7) is 0.162. The lowest BCUT2D eigenvalue weighted by atomic mass is 9.98. The van der Waals surface area contributed by atoms with Crippen molar-refractivity contribution in [1.29, 1.82) is 0 Å². The molecular weight excluding hydrogens is 338 g/mol. The van der Waals surface area contributed by atoms with Gasteiger partial charge in [0, 0.05) is 12.7 Å². The molecule has 8 heteroatoms. The fourth-order valence-corrected chi connectivity index (χ4v) is 3.57. The van der Waals surface area contributed by atoms with E-state index in [0.29, 0.717) is 15.9 Å². The Morgan fingerprint density at radius 2 is 1.92 bits per heavy atom. The van der Waals surface area contributed by atoms with Crippen LogP contribution >= 0.6 is 11.3 Å². The number of benzene rings is 1. The van der Waals surface area contributed by atoms with Crippen LogP contribution in [-0.4, -0.2) is 23.3 Å². The lowest BCUT2D eigenvalue weighted by Crippen LogP contribution is -2.27. The van der Waals surface area contributed by atoms with E-state index in [4.69, 9.17) is 17.2 Å². The van der Waals surface area contributed by atoms with Gasteiger partial charge in [0.15, 0.2) is 0 Å². The standard InChI is InChI=1S/C17H17N5O2S/c18-8-10(9-4-2-1-3-5-9)16(24)22-11-6-7-21-17-12(11)13(19)14(25-17)15(20)23/h1-7,10H,8,18-19H2,(H2,20,23)(H,21,22,24). The van der Waals surface area contributed by atoms with Crippen molar-refractivity contribution in [3.8, 4) is 0 Å². The molecule has 25 heavy (non-hydrogen) atoms. The van der Waals surface area contributed by atoms with Crippen molar-refractivity contribution in [2.24, 2.45) is 11.5 Å². The number of pyridine rings is 1. The zero-order valence-electron chi connectivity index (χ0n) is 13.2. The Bertz CT molecular complexity index is 939. The Morgan fingerprint density at radius 3 is 2.56 bits per heavy atom. The number of rotatable bonds is 5. The molecule has 2 heterocycles. The molecule has 0 aliphatic carbocycles. The molecule has 1 atom stereocenters. The summed E-state index contributed by atoms with van der Waals surface area (Å²) >= 11 is 1.10. The number of hydrogen-bond acceptors (Lipinski definition) is 6. The van der Waals surface area contributed by atoms with Crippen LogP contribution in [0.5, 0.6) is 0 Å². The monoisotopic (exact) mass is 355 g/mol. The first kappa shape index (κ1) is 16.9. The molecule has 1 aromatic carbocycles. The lowest BCUT2D eigenvalue weighted by molar-refractivity contribution is -0.117. The maximum atomic E-state index is 12.7. The average molecular weight is 355 g/mol. The normalized spacial score (nSPS) is 12.0. The Hall–Kier alpha value is -2.97. The summed E-state index contributed by atoms with van der Waals surface area (Å²) in [5, 5.41) is 3.36. The molecule has 7 nitrogen and oxygen atoms in total. The van der Waals surface area contributed by atoms with Gasteiger partial charge >= 0.3 is 0 Å². The van der Waals surface area contributed by atoms with Crippen molar-refractivity contribution < 1.29 is 9.59 Å². The van der Waals surface area contributed by atoms with Crippen LogP contribution in [0.15, 0.2) is 42.6 Å². The van der Waals surface area contributed by atoms with Gasteiger partial charge in [-0.05, 0) is 11.6 Å². The number of amides is 2. The molecule has 0 bridgehead atoms. The molecular formula is C17H17N5O2S. The summed E-state index contributed by atoms with van der Waals surface area (Å²) in [5.41, 5.74) is 18.7. The predicted molar refractivity (Wildman–Crippen MR) is 99.4 cm³/mol. The maximum Gasteiger partial charge on any atom is 0.260 e. The van der Waals surface area contributed by atoms with Crippen LogP contribution in [0.2, 0.25) is 0 Å². The van der Waals surface area contributed by atoms with Gasteiger partial charge in [-0.3, -0.25) is 9.59 Å². The van der Waals surface area contributed by atoms with Gasteiger partial charge in [0.25, 0.3) is 5.91 Å². The van der Waals surface area contributed by atoms with Gasteiger partial charge in [-0.2, -0.15) is 0 Å². The van der Waals surface area contributed by atoms with Gasteiger partial charge in [0.05, 0.1) is 22.7 Å². The van der Waals surface area contributed by atoms with Gasteiger partial charge in [0.2, 0.25) is 5.91 Å². The van der Waals surface area contributed by atoms with E-state index in [0.717, 1.165) is 16.9 Å². The molecule has 0 radical (unpaired) electrons. The summed E-state index contributed by atoms with van der Waals surface area (Å²) in [5.74, 6) is -1.38. The van der Waals surface area contributed by atoms with E-state index in [1.54, 1.807) is 12.3 Å². The highest BCUT2D eigenvalue weighted by Crippen LogP contribution is 2.37. The number of hydrogen-bond donors (Lipinski definition) is 4. The Kier molecular flexibility index (Phi) is 4.64. The highest BCUT2D eigenvalue weighted by atomic mass is 32.1. The summed E-state index contributed by atoms with van der Waals surface area (Å²) in [7, 11) is 0. The zero-order chi connectivity index (χ0) is 18.0. The Morgan fingerprint density at radius 1 is 1.20 bits per heavy atom. The minimum Gasteiger partial charge on any atom is -0.397 e. The molecule has 3 rings (SSSR count). The fourth-order valence-electron chi connectivity index (χ4n) is 2.63. The van der Waals surface area contributed by atoms with E-state index in [1.807, 2.05) is 30.3 Å². The summed E-state index contributed by atoms with van der Waals surface area (Å²) in [6, 6.07) is 10.9. The first-order valence-corrected chi connectivity index (χ1v) is 8.37.